The highest BCUT2D eigenvalue weighted by Crippen LogP contribution is 2.19. The van der Waals surface area contributed by atoms with E-state index in [1.54, 1.807) is 0 Å². The van der Waals surface area contributed by atoms with Gasteiger partial charge in [0, 0.05) is 12.2 Å². The molecular formula is C14H20N2. The quantitative estimate of drug-likeness (QED) is 0.833. The number of benzene rings is 1. The molecule has 0 aliphatic carbocycles. The van der Waals surface area contributed by atoms with Crippen LogP contribution in [0, 0.1) is 30.6 Å². The average molecular weight is 216 g/mol. The summed E-state index contributed by atoms with van der Waals surface area (Å²) in [7, 11) is 0. The van der Waals surface area contributed by atoms with Crippen LogP contribution in [0.4, 0.5) is 5.69 Å². The second-order valence-corrected chi connectivity index (χ2v) is 5.05. The third-order valence-corrected chi connectivity index (χ3v) is 2.60. The first-order valence-corrected chi connectivity index (χ1v) is 5.66. The van der Waals surface area contributed by atoms with Crippen LogP contribution in [0.15, 0.2) is 18.2 Å². The van der Waals surface area contributed by atoms with E-state index in [9.17, 15) is 0 Å². The molecule has 0 spiro atoms. The lowest BCUT2D eigenvalue weighted by atomic mass is 9.91. The van der Waals surface area contributed by atoms with E-state index in [0.717, 1.165) is 18.7 Å². The SMILES string of the molecule is Cc1cc(C)cc(NCCC(C)(C)C#N)c1. The highest BCUT2D eigenvalue weighted by atomic mass is 14.9. The molecule has 2 heteroatoms. The van der Waals surface area contributed by atoms with E-state index in [2.05, 4.69) is 43.4 Å². The van der Waals surface area contributed by atoms with Gasteiger partial charge < -0.3 is 5.32 Å². The number of hydrogen-bond donors (Lipinski definition) is 1. The molecule has 0 radical (unpaired) electrons. The lowest BCUT2D eigenvalue weighted by Crippen LogP contribution is -2.14. The molecule has 0 fully saturated rings. The molecule has 0 unspecified atom stereocenters. The number of nitriles is 1. The molecule has 1 aromatic rings. The molecule has 2 nitrogen and oxygen atoms in total. The Hall–Kier alpha value is -1.49. The Morgan fingerprint density at radius 3 is 2.25 bits per heavy atom. The van der Waals surface area contributed by atoms with Crippen LogP contribution in [-0.2, 0) is 0 Å². The molecule has 0 saturated heterocycles. The van der Waals surface area contributed by atoms with Gasteiger partial charge in [-0.3, -0.25) is 0 Å². The summed E-state index contributed by atoms with van der Waals surface area (Å²) in [6.07, 6.45) is 0.858. The minimum Gasteiger partial charge on any atom is -0.385 e. The topological polar surface area (TPSA) is 35.8 Å². The Balaban J connectivity index is 2.53. The van der Waals surface area contributed by atoms with E-state index in [4.69, 9.17) is 5.26 Å². The molecule has 0 atom stereocenters. The molecule has 1 rings (SSSR count). The molecule has 0 heterocycles. The van der Waals surface area contributed by atoms with Crippen LogP contribution < -0.4 is 5.32 Å². The van der Waals surface area contributed by atoms with Crippen LogP contribution in [0.25, 0.3) is 0 Å². The second-order valence-electron chi connectivity index (χ2n) is 5.05. The van der Waals surface area contributed by atoms with Gasteiger partial charge in [-0.15, -0.1) is 0 Å². The van der Waals surface area contributed by atoms with Crippen molar-refractivity contribution in [3.05, 3.63) is 29.3 Å². The van der Waals surface area contributed by atoms with Crippen LogP contribution in [0.3, 0.4) is 0 Å². The van der Waals surface area contributed by atoms with Gasteiger partial charge in [0.25, 0.3) is 0 Å². The summed E-state index contributed by atoms with van der Waals surface area (Å²) in [4.78, 5) is 0. The van der Waals surface area contributed by atoms with Crippen molar-refractivity contribution >= 4 is 5.69 Å². The van der Waals surface area contributed by atoms with E-state index in [1.807, 2.05) is 13.8 Å². The summed E-state index contributed by atoms with van der Waals surface area (Å²) in [5.41, 5.74) is 3.43. The third kappa shape index (κ3) is 3.94. The zero-order chi connectivity index (χ0) is 12.2. The molecule has 0 bridgehead atoms. The molecule has 86 valence electrons. The highest BCUT2D eigenvalue weighted by molar-refractivity contribution is 5.48. The van der Waals surface area contributed by atoms with E-state index in [1.165, 1.54) is 11.1 Å². The van der Waals surface area contributed by atoms with Crippen molar-refractivity contribution in [1.29, 1.82) is 5.26 Å². The molecule has 0 aliphatic heterocycles. The van der Waals surface area contributed by atoms with Crippen molar-refractivity contribution in [2.24, 2.45) is 5.41 Å². The summed E-state index contributed by atoms with van der Waals surface area (Å²) in [6.45, 7) is 8.96. The lowest BCUT2D eigenvalue weighted by molar-refractivity contribution is 0.466. The smallest absolute Gasteiger partial charge is 0.0684 e. The Morgan fingerprint density at radius 2 is 1.75 bits per heavy atom. The Labute approximate surface area is 98.3 Å². The highest BCUT2D eigenvalue weighted by Gasteiger charge is 2.15. The standard InChI is InChI=1S/C14H20N2/c1-11-7-12(2)9-13(8-11)16-6-5-14(3,4)10-15/h7-9,16H,5-6H2,1-4H3. The van der Waals surface area contributed by atoms with Gasteiger partial charge in [-0.25, -0.2) is 0 Å². The van der Waals surface area contributed by atoms with Crippen molar-refractivity contribution in [2.75, 3.05) is 11.9 Å². The first-order chi connectivity index (χ1) is 7.43. The number of rotatable bonds is 4. The molecule has 0 aromatic heterocycles. The number of anilines is 1. The average Bonchev–Trinajstić information content (AvgIpc) is 2.16. The van der Waals surface area contributed by atoms with E-state index < -0.39 is 0 Å². The predicted molar refractivity (Wildman–Crippen MR) is 68.4 cm³/mol. The van der Waals surface area contributed by atoms with Gasteiger partial charge in [0.15, 0.2) is 0 Å². The largest absolute Gasteiger partial charge is 0.385 e. The van der Waals surface area contributed by atoms with Gasteiger partial charge in [0.2, 0.25) is 0 Å². The minimum atomic E-state index is -0.244. The van der Waals surface area contributed by atoms with Crippen molar-refractivity contribution in [3.8, 4) is 6.07 Å². The van der Waals surface area contributed by atoms with Crippen LogP contribution >= 0.6 is 0 Å². The van der Waals surface area contributed by atoms with E-state index >= 15 is 0 Å². The molecule has 0 saturated carbocycles. The number of nitrogens with one attached hydrogen (secondary N) is 1. The molecule has 16 heavy (non-hydrogen) atoms. The molecule has 0 amide bonds. The van der Waals surface area contributed by atoms with Crippen molar-refractivity contribution < 1.29 is 0 Å². The van der Waals surface area contributed by atoms with Crippen molar-refractivity contribution in [2.45, 2.75) is 34.1 Å². The first-order valence-electron chi connectivity index (χ1n) is 5.66. The van der Waals surface area contributed by atoms with Crippen molar-refractivity contribution in [1.82, 2.24) is 0 Å². The van der Waals surface area contributed by atoms with Crippen molar-refractivity contribution in [3.63, 3.8) is 0 Å². The maximum absolute atomic E-state index is 8.90. The normalized spacial score (nSPS) is 10.9. The zero-order valence-corrected chi connectivity index (χ0v) is 10.6. The predicted octanol–water partition coefficient (Wildman–Crippen LogP) is 3.66. The molecule has 1 N–H and O–H groups in total. The van der Waals surface area contributed by atoms with E-state index in [0.29, 0.717) is 0 Å². The Bertz CT molecular complexity index is 379. The van der Waals surface area contributed by atoms with Gasteiger partial charge in [-0.2, -0.15) is 5.26 Å². The van der Waals surface area contributed by atoms with E-state index in [-0.39, 0.29) is 5.41 Å². The third-order valence-electron chi connectivity index (χ3n) is 2.60. The van der Waals surface area contributed by atoms with Crippen LogP contribution in [-0.4, -0.2) is 6.54 Å². The maximum atomic E-state index is 8.90. The molecule has 0 aliphatic rings. The van der Waals surface area contributed by atoms with Gasteiger partial charge in [-0.1, -0.05) is 6.07 Å². The number of aryl methyl sites for hydroxylation is 2. The fourth-order valence-corrected chi connectivity index (χ4v) is 1.65. The summed E-state index contributed by atoms with van der Waals surface area (Å²) in [5.74, 6) is 0. The monoisotopic (exact) mass is 216 g/mol. The minimum absolute atomic E-state index is 0.244. The summed E-state index contributed by atoms with van der Waals surface area (Å²) in [6, 6.07) is 8.73. The number of nitrogens with zero attached hydrogens (tertiary/aromatic N) is 1. The second kappa shape index (κ2) is 5.03. The maximum Gasteiger partial charge on any atom is 0.0684 e. The Kier molecular flexibility index (Phi) is 3.95. The van der Waals surface area contributed by atoms with Gasteiger partial charge in [0.1, 0.15) is 0 Å². The fraction of sp³-hybridized carbons (Fsp3) is 0.500. The van der Waals surface area contributed by atoms with Gasteiger partial charge in [0.05, 0.1) is 11.5 Å². The van der Waals surface area contributed by atoms with Crippen LogP contribution in [0.5, 0.6) is 0 Å². The fourth-order valence-electron chi connectivity index (χ4n) is 1.65. The molecule has 1 aromatic carbocycles. The Morgan fingerprint density at radius 1 is 1.19 bits per heavy atom. The summed E-state index contributed by atoms with van der Waals surface area (Å²) in [5, 5.41) is 12.3. The first kappa shape index (κ1) is 12.6. The summed E-state index contributed by atoms with van der Waals surface area (Å²) >= 11 is 0. The molecular weight excluding hydrogens is 196 g/mol. The van der Waals surface area contributed by atoms with Crippen LogP contribution in [0.2, 0.25) is 0 Å². The number of hydrogen-bond acceptors (Lipinski definition) is 2. The lowest BCUT2D eigenvalue weighted by Gasteiger charge is -2.16. The van der Waals surface area contributed by atoms with Crippen LogP contribution in [0.1, 0.15) is 31.4 Å². The zero-order valence-electron chi connectivity index (χ0n) is 10.6. The van der Waals surface area contributed by atoms with Gasteiger partial charge in [-0.05, 0) is 57.4 Å². The van der Waals surface area contributed by atoms with Gasteiger partial charge >= 0.3 is 0 Å². The summed E-state index contributed by atoms with van der Waals surface area (Å²) < 4.78 is 0.